The van der Waals surface area contributed by atoms with Crippen molar-refractivity contribution >= 4 is 5.88 Å². The second kappa shape index (κ2) is 4.90. The lowest BCUT2D eigenvalue weighted by Crippen LogP contribution is -1.96. The van der Waals surface area contributed by atoms with Gasteiger partial charge in [0.1, 0.15) is 22.2 Å². The number of hydrogen-bond donors (Lipinski definition) is 0. The first-order valence-electron chi connectivity index (χ1n) is 5.85. The van der Waals surface area contributed by atoms with Gasteiger partial charge in [-0.2, -0.15) is 10.4 Å². The number of hydrogen-bond acceptors (Lipinski definition) is 6. The Balaban J connectivity index is 2.08. The summed E-state index contributed by atoms with van der Waals surface area (Å²) in [4.78, 5) is 14.1. The molecule has 0 aliphatic heterocycles. The summed E-state index contributed by atoms with van der Waals surface area (Å²) in [5.74, 6) is 0.288. The minimum Gasteiger partial charge on any atom is -0.399 e. The van der Waals surface area contributed by atoms with Crippen LogP contribution in [-0.2, 0) is 0 Å². The average Bonchev–Trinajstić information content (AvgIpc) is 3.14. The van der Waals surface area contributed by atoms with Gasteiger partial charge in [0.05, 0.1) is 12.3 Å². The normalized spacial score (nSPS) is 10.2. The van der Waals surface area contributed by atoms with Crippen LogP contribution in [0.25, 0.3) is 17.3 Å². The van der Waals surface area contributed by atoms with Gasteiger partial charge in [-0.05, 0) is 18.2 Å². The van der Waals surface area contributed by atoms with Crippen molar-refractivity contribution in [3.63, 3.8) is 0 Å². The number of pyridine rings is 1. The fourth-order valence-electron chi connectivity index (χ4n) is 1.80. The predicted octanol–water partition coefficient (Wildman–Crippen LogP) is 2.31. The fourth-order valence-corrected chi connectivity index (χ4v) is 1.80. The molecule has 3 aromatic heterocycles. The van der Waals surface area contributed by atoms with E-state index in [1.807, 2.05) is 6.07 Å². The zero-order chi connectivity index (χ0) is 14.8. The maximum absolute atomic E-state index is 10.6. The molecule has 0 aliphatic rings. The SMILES string of the molecule is N#Cc1cn(-c2ccccn2)nc1-c1ccc([N+](=O)[O-])o1. The summed E-state index contributed by atoms with van der Waals surface area (Å²) in [6.45, 7) is 0. The Morgan fingerprint density at radius 1 is 1.33 bits per heavy atom. The molecule has 0 amide bonds. The molecule has 8 heteroatoms. The number of nitrogens with zero attached hydrogens (tertiary/aromatic N) is 5. The predicted molar refractivity (Wildman–Crippen MR) is 70.4 cm³/mol. The van der Waals surface area contributed by atoms with Crippen LogP contribution in [0, 0.1) is 21.4 Å². The third-order valence-corrected chi connectivity index (χ3v) is 2.72. The minimum atomic E-state index is -0.648. The summed E-state index contributed by atoms with van der Waals surface area (Å²) in [6.07, 6.45) is 3.09. The average molecular weight is 281 g/mol. The van der Waals surface area contributed by atoms with Crippen molar-refractivity contribution in [1.29, 1.82) is 5.26 Å². The molecule has 3 rings (SSSR count). The molecule has 0 N–H and O–H groups in total. The molecule has 0 unspecified atom stereocenters. The molecule has 0 spiro atoms. The molecule has 21 heavy (non-hydrogen) atoms. The smallest absolute Gasteiger partial charge is 0.399 e. The van der Waals surface area contributed by atoms with Crippen molar-refractivity contribution in [3.8, 4) is 23.3 Å². The van der Waals surface area contributed by atoms with Gasteiger partial charge in [-0.3, -0.25) is 10.1 Å². The monoisotopic (exact) mass is 281 g/mol. The van der Waals surface area contributed by atoms with Gasteiger partial charge in [0, 0.05) is 6.20 Å². The van der Waals surface area contributed by atoms with Gasteiger partial charge >= 0.3 is 5.88 Å². The zero-order valence-corrected chi connectivity index (χ0v) is 10.5. The van der Waals surface area contributed by atoms with Crippen LogP contribution in [-0.4, -0.2) is 19.7 Å². The number of aromatic nitrogens is 3. The first-order chi connectivity index (χ1) is 10.2. The second-order valence-corrected chi connectivity index (χ2v) is 4.03. The lowest BCUT2D eigenvalue weighted by atomic mass is 10.2. The van der Waals surface area contributed by atoms with Crippen LogP contribution in [0.15, 0.2) is 47.1 Å². The van der Waals surface area contributed by atoms with Crippen molar-refractivity contribution in [2.24, 2.45) is 0 Å². The molecule has 0 radical (unpaired) electrons. The molecule has 0 atom stereocenters. The molecule has 8 nitrogen and oxygen atoms in total. The standard InChI is InChI=1S/C13H7N5O3/c14-7-9-8-17(11-3-1-2-6-15-11)16-13(9)10-4-5-12(21-10)18(19)20/h1-6,8H. The van der Waals surface area contributed by atoms with E-state index in [0.717, 1.165) is 0 Å². The van der Waals surface area contributed by atoms with Crippen molar-refractivity contribution in [2.75, 3.05) is 0 Å². The first-order valence-corrected chi connectivity index (χ1v) is 5.85. The van der Waals surface area contributed by atoms with Gasteiger partial charge in [-0.15, -0.1) is 0 Å². The summed E-state index contributed by atoms with van der Waals surface area (Å²) < 4.78 is 6.50. The van der Waals surface area contributed by atoms with E-state index >= 15 is 0 Å². The third-order valence-electron chi connectivity index (χ3n) is 2.72. The Labute approximate surface area is 118 Å². The van der Waals surface area contributed by atoms with E-state index in [2.05, 4.69) is 10.1 Å². The van der Waals surface area contributed by atoms with E-state index in [9.17, 15) is 10.1 Å². The van der Waals surface area contributed by atoms with Crippen LogP contribution in [0.5, 0.6) is 0 Å². The highest BCUT2D eigenvalue weighted by Gasteiger charge is 2.19. The molecule has 0 saturated carbocycles. The highest BCUT2D eigenvalue weighted by Crippen LogP contribution is 2.27. The van der Waals surface area contributed by atoms with E-state index in [1.54, 1.807) is 24.4 Å². The van der Waals surface area contributed by atoms with Crippen LogP contribution in [0.3, 0.4) is 0 Å². The topological polar surface area (TPSA) is 111 Å². The van der Waals surface area contributed by atoms with Crippen LogP contribution < -0.4 is 0 Å². The molecule has 3 aromatic rings. The van der Waals surface area contributed by atoms with E-state index in [4.69, 9.17) is 9.68 Å². The van der Waals surface area contributed by atoms with E-state index in [1.165, 1.54) is 23.0 Å². The van der Waals surface area contributed by atoms with Crippen molar-refractivity contribution in [3.05, 3.63) is 58.4 Å². The summed E-state index contributed by atoms with van der Waals surface area (Å²) in [5, 5.41) is 24.0. The van der Waals surface area contributed by atoms with Gasteiger partial charge in [0.15, 0.2) is 11.6 Å². The minimum absolute atomic E-state index is 0.160. The molecule has 102 valence electrons. The molecule has 0 aliphatic carbocycles. The van der Waals surface area contributed by atoms with Gasteiger partial charge in [0.2, 0.25) is 0 Å². The molecule has 0 fully saturated rings. The van der Waals surface area contributed by atoms with E-state index in [-0.39, 0.29) is 17.0 Å². The maximum Gasteiger partial charge on any atom is 0.433 e. The molecule has 0 bridgehead atoms. The van der Waals surface area contributed by atoms with Crippen LogP contribution in [0.4, 0.5) is 5.88 Å². The highest BCUT2D eigenvalue weighted by atomic mass is 16.6. The van der Waals surface area contributed by atoms with E-state index in [0.29, 0.717) is 5.82 Å². The number of nitro groups is 1. The van der Waals surface area contributed by atoms with Crippen molar-refractivity contribution < 1.29 is 9.34 Å². The molecule has 0 aromatic carbocycles. The zero-order valence-electron chi connectivity index (χ0n) is 10.5. The Morgan fingerprint density at radius 2 is 2.19 bits per heavy atom. The third kappa shape index (κ3) is 2.23. The first kappa shape index (κ1) is 12.6. The maximum atomic E-state index is 10.6. The molecular formula is C13H7N5O3. The number of furan rings is 1. The lowest BCUT2D eigenvalue weighted by Gasteiger charge is -1.97. The van der Waals surface area contributed by atoms with Gasteiger partial charge < -0.3 is 4.42 Å². The summed E-state index contributed by atoms with van der Waals surface area (Å²) in [7, 11) is 0. The highest BCUT2D eigenvalue weighted by molar-refractivity contribution is 5.62. The van der Waals surface area contributed by atoms with Crippen molar-refractivity contribution in [1.82, 2.24) is 14.8 Å². The number of nitriles is 1. The van der Waals surface area contributed by atoms with Gasteiger partial charge in [-0.25, -0.2) is 9.67 Å². The van der Waals surface area contributed by atoms with Crippen LogP contribution in [0.2, 0.25) is 0 Å². The summed E-state index contributed by atoms with van der Waals surface area (Å²) in [5.41, 5.74) is 0.473. The molecule has 3 heterocycles. The Hall–Kier alpha value is -3.47. The van der Waals surface area contributed by atoms with Gasteiger partial charge in [0.25, 0.3) is 0 Å². The Kier molecular flexibility index (Phi) is 2.93. The summed E-state index contributed by atoms with van der Waals surface area (Å²) in [6, 6.07) is 9.88. The van der Waals surface area contributed by atoms with Gasteiger partial charge in [-0.1, -0.05) is 6.07 Å². The lowest BCUT2D eigenvalue weighted by molar-refractivity contribution is -0.401. The largest absolute Gasteiger partial charge is 0.433 e. The fraction of sp³-hybridized carbons (Fsp3) is 0. The second-order valence-electron chi connectivity index (χ2n) is 4.03. The Morgan fingerprint density at radius 3 is 2.81 bits per heavy atom. The quantitative estimate of drug-likeness (QED) is 0.538. The molecular weight excluding hydrogens is 274 g/mol. The van der Waals surface area contributed by atoms with Crippen LogP contribution >= 0.6 is 0 Å². The summed E-state index contributed by atoms with van der Waals surface area (Å²) >= 11 is 0. The van der Waals surface area contributed by atoms with E-state index < -0.39 is 10.8 Å². The van der Waals surface area contributed by atoms with Crippen LogP contribution in [0.1, 0.15) is 5.56 Å². The van der Waals surface area contributed by atoms with Crippen molar-refractivity contribution in [2.45, 2.75) is 0 Å². The Bertz CT molecular complexity index is 844. The number of rotatable bonds is 3. The molecule has 0 saturated heterocycles.